The van der Waals surface area contributed by atoms with Crippen LogP contribution in [0.15, 0.2) is 0 Å². The van der Waals surface area contributed by atoms with Crippen molar-refractivity contribution < 1.29 is 0 Å². The topological polar surface area (TPSA) is 37.8 Å². The average Bonchev–Trinajstić information content (AvgIpc) is 2.44. The van der Waals surface area contributed by atoms with Gasteiger partial charge in [0.25, 0.3) is 0 Å². The lowest BCUT2D eigenvalue weighted by atomic mass is 9.93. The summed E-state index contributed by atoms with van der Waals surface area (Å²) in [4.78, 5) is 0. The van der Waals surface area contributed by atoms with Crippen molar-refractivity contribution in [3.8, 4) is 0 Å². The zero-order valence-corrected chi connectivity index (χ0v) is 12.0. The molecule has 16 heavy (non-hydrogen) atoms. The third-order valence-corrected chi connectivity index (χ3v) is 2.88. The molecule has 0 saturated heterocycles. The van der Waals surface area contributed by atoms with Crippen LogP contribution in [0, 0.1) is 5.41 Å². The summed E-state index contributed by atoms with van der Waals surface area (Å²) in [7, 11) is 0. The van der Waals surface area contributed by atoms with Gasteiger partial charge >= 0.3 is 0 Å². The van der Waals surface area contributed by atoms with Crippen molar-refractivity contribution in [2.24, 2.45) is 5.41 Å². The van der Waals surface area contributed by atoms with Crippen LogP contribution in [0.5, 0.6) is 0 Å². The third-order valence-electron chi connectivity index (χ3n) is 1.96. The van der Waals surface area contributed by atoms with Crippen molar-refractivity contribution in [1.82, 2.24) is 15.5 Å². The summed E-state index contributed by atoms with van der Waals surface area (Å²) in [6, 6.07) is 0. The van der Waals surface area contributed by atoms with E-state index in [1.165, 1.54) is 0 Å². The van der Waals surface area contributed by atoms with Gasteiger partial charge in [-0.25, -0.2) is 0 Å². The van der Waals surface area contributed by atoms with E-state index in [4.69, 9.17) is 0 Å². The maximum Gasteiger partial charge on any atom is 0.131 e. The Morgan fingerprint density at radius 2 is 1.56 bits per heavy atom. The maximum atomic E-state index is 4.23. The standard InChI is InChI=1S/C12H23N3S/c1-11(2,3)7-9-14-15-10(16-9)8-13-12(4,5)6/h13H,7-8H2,1-6H3. The molecule has 0 radical (unpaired) electrons. The minimum atomic E-state index is 0.135. The Hall–Kier alpha value is -0.480. The Kier molecular flexibility index (Phi) is 4.07. The molecule has 0 atom stereocenters. The summed E-state index contributed by atoms with van der Waals surface area (Å²) in [5.74, 6) is 0. The van der Waals surface area contributed by atoms with Crippen LogP contribution in [0.3, 0.4) is 0 Å². The van der Waals surface area contributed by atoms with E-state index in [1.54, 1.807) is 11.3 Å². The van der Waals surface area contributed by atoms with Gasteiger partial charge in [-0.3, -0.25) is 0 Å². The Morgan fingerprint density at radius 1 is 1.00 bits per heavy atom. The maximum absolute atomic E-state index is 4.23. The van der Waals surface area contributed by atoms with Crippen LogP contribution in [0.4, 0.5) is 0 Å². The molecule has 4 heteroatoms. The highest BCUT2D eigenvalue weighted by molar-refractivity contribution is 7.11. The van der Waals surface area contributed by atoms with Crippen LogP contribution >= 0.6 is 11.3 Å². The van der Waals surface area contributed by atoms with Gasteiger partial charge in [0.15, 0.2) is 0 Å². The second-order valence-electron chi connectivity index (χ2n) is 6.43. The Labute approximate surface area is 103 Å². The van der Waals surface area contributed by atoms with Gasteiger partial charge in [0, 0.05) is 12.0 Å². The molecule has 0 aliphatic rings. The van der Waals surface area contributed by atoms with Crippen molar-refractivity contribution in [3.63, 3.8) is 0 Å². The second-order valence-corrected chi connectivity index (χ2v) is 7.58. The molecule has 1 heterocycles. The number of aromatic nitrogens is 2. The SMILES string of the molecule is CC(C)(C)Cc1nnc(CNC(C)(C)C)s1. The number of hydrogen-bond donors (Lipinski definition) is 1. The molecular weight excluding hydrogens is 218 g/mol. The van der Waals surface area contributed by atoms with E-state index in [9.17, 15) is 0 Å². The zero-order chi connectivity index (χ0) is 12.4. The van der Waals surface area contributed by atoms with Crippen molar-refractivity contribution in [2.75, 3.05) is 0 Å². The fourth-order valence-corrected chi connectivity index (χ4v) is 2.31. The van der Waals surface area contributed by atoms with Crippen LogP contribution in [0.2, 0.25) is 0 Å². The van der Waals surface area contributed by atoms with Gasteiger partial charge < -0.3 is 5.32 Å². The highest BCUT2D eigenvalue weighted by Gasteiger charge is 2.16. The molecule has 0 amide bonds. The van der Waals surface area contributed by atoms with Crippen LogP contribution in [0.25, 0.3) is 0 Å². The molecule has 1 rings (SSSR count). The van der Waals surface area contributed by atoms with Gasteiger partial charge in [0.2, 0.25) is 0 Å². The van der Waals surface area contributed by atoms with E-state index in [2.05, 4.69) is 57.1 Å². The van der Waals surface area contributed by atoms with Crippen LogP contribution in [-0.2, 0) is 13.0 Å². The van der Waals surface area contributed by atoms with Gasteiger partial charge in [-0.1, -0.05) is 20.8 Å². The molecule has 0 unspecified atom stereocenters. The van der Waals surface area contributed by atoms with E-state index < -0.39 is 0 Å². The minimum absolute atomic E-state index is 0.135. The smallest absolute Gasteiger partial charge is 0.131 e. The summed E-state index contributed by atoms with van der Waals surface area (Å²) in [6.07, 6.45) is 1.00. The van der Waals surface area contributed by atoms with E-state index in [0.717, 1.165) is 23.0 Å². The lowest BCUT2D eigenvalue weighted by molar-refractivity contribution is 0.409. The molecular formula is C12H23N3S. The molecule has 0 aliphatic heterocycles. The normalized spacial score (nSPS) is 13.1. The van der Waals surface area contributed by atoms with Crippen molar-refractivity contribution in [3.05, 3.63) is 10.0 Å². The molecule has 92 valence electrons. The Morgan fingerprint density at radius 3 is 2.06 bits per heavy atom. The molecule has 1 aromatic heterocycles. The second kappa shape index (κ2) is 4.80. The molecule has 0 aliphatic carbocycles. The van der Waals surface area contributed by atoms with E-state index in [-0.39, 0.29) is 11.0 Å². The summed E-state index contributed by atoms with van der Waals surface area (Å²) in [5.41, 5.74) is 0.421. The van der Waals surface area contributed by atoms with Gasteiger partial charge in [-0.2, -0.15) is 0 Å². The van der Waals surface area contributed by atoms with Crippen molar-refractivity contribution in [2.45, 2.75) is 60.0 Å². The lowest BCUT2D eigenvalue weighted by Gasteiger charge is -2.19. The summed E-state index contributed by atoms with van der Waals surface area (Å²) in [6.45, 7) is 14.0. The summed E-state index contributed by atoms with van der Waals surface area (Å²) >= 11 is 1.72. The van der Waals surface area contributed by atoms with Gasteiger partial charge in [0.1, 0.15) is 10.0 Å². The van der Waals surface area contributed by atoms with Gasteiger partial charge in [-0.15, -0.1) is 21.5 Å². The minimum Gasteiger partial charge on any atom is -0.306 e. The molecule has 1 aromatic rings. The van der Waals surface area contributed by atoms with Crippen molar-refractivity contribution >= 4 is 11.3 Å². The van der Waals surface area contributed by atoms with Gasteiger partial charge in [-0.05, 0) is 26.2 Å². The highest BCUT2D eigenvalue weighted by Crippen LogP contribution is 2.22. The van der Waals surface area contributed by atoms with Crippen LogP contribution in [-0.4, -0.2) is 15.7 Å². The number of hydrogen-bond acceptors (Lipinski definition) is 4. The van der Waals surface area contributed by atoms with E-state index in [1.807, 2.05) is 0 Å². The zero-order valence-electron chi connectivity index (χ0n) is 11.2. The average molecular weight is 241 g/mol. The Bertz CT molecular complexity index is 331. The van der Waals surface area contributed by atoms with Crippen LogP contribution in [0.1, 0.15) is 51.6 Å². The monoisotopic (exact) mass is 241 g/mol. The third kappa shape index (κ3) is 5.56. The van der Waals surface area contributed by atoms with E-state index >= 15 is 0 Å². The fourth-order valence-electron chi connectivity index (χ4n) is 1.23. The first-order valence-corrected chi connectivity index (χ1v) is 6.54. The molecule has 0 spiro atoms. The van der Waals surface area contributed by atoms with Crippen molar-refractivity contribution in [1.29, 1.82) is 0 Å². The number of rotatable bonds is 3. The van der Waals surface area contributed by atoms with E-state index in [0.29, 0.717) is 0 Å². The molecule has 1 N–H and O–H groups in total. The number of nitrogens with zero attached hydrogens (tertiary/aromatic N) is 2. The van der Waals surface area contributed by atoms with Gasteiger partial charge in [0.05, 0.1) is 6.54 Å². The predicted molar refractivity (Wildman–Crippen MR) is 69.7 cm³/mol. The fraction of sp³-hybridized carbons (Fsp3) is 0.833. The predicted octanol–water partition coefficient (Wildman–Crippen LogP) is 3.01. The summed E-state index contributed by atoms with van der Waals surface area (Å²) in [5, 5.41) is 14.1. The lowest BCUT2D eigenvalue weighted by Crippen LogP contribution is -2.35. The molecule has 0 fully saturated rings. The molecule has 3 nitrogen and oxygen atoms in total. The number of nitrogens with one attached hydrogen (secondary N) is 1. The molecule has 0 saturated carbocycles. The molecule has 0 aromatic carbocycles. The largest absolute Gasteiger partial charge is 0.306 e. The van der Waals surface area contributed by atoms with Crippen LogP contribution < -0.4 is 5.32 Å². The first-order chi connectivity index (χ1) is 7.16. The first-order valence-electron chi connectivity index (χ1n) is 5.72. The summed E-state index contributed by atoms with van der Waals surface area (Å²) < 4.78 is 0. The molecule has 0 bridgehead atoms. The Balaban J connectivity index is 2.52. The highest BCUT2D eigenvalue weighted by atomic mass is 32.1. The quantitative estimate of drug-likeness (QED) is 0.884. The first kappa shape index (κ1) is 13.6.